The number of carbonyl (C=O) groups is 2. The number of anilines is 3. The summed E-state index contributed by atoms with van der Waals surface area (Å²) in [6, 6.07) is 17.0. The van der Waals surface area contributed by atoms with Crippen molar-refractivity contribution in [2.45, 2.75) is 0 Å². The molecule has 0 aliphatic rings. The first-order valence-corrected chi connectivity index (χ1v) is 8.47. The van der Waals surface area contributed by atoms with Crippen molar-refractivity contribution >= 4 is 29.4 Å². The standard InChI is InChI=1S/C20H19N5O3/c1-21-16-12-17(22-19(27)14-9-6-10-15(11-14)28-2)24-20(23-16)25-18(26)13-7-4-3-5-8-13/h3-12H,1-2H3,(H3,21,22,23,24,25,26,27). The molecule has 0 spiro atoms. The van der Waals surface area contributed by atoms with Crippen LogP contribution >= 0.6 is 0 Å². The van der Waals surface area contributed by atoms with E-state index in [-0.39, 0.29) is 23.6 Å². The van der Waals surface area contributed by atoms with Gasteiger partial charge in [-0.1, -0.05) is 24.3 Å². The van der Waals surface area contributed by atoms with Gasteiger partial charge in [0.15, 0.2) is 0 Å². The third-order valence-corrected chi connectivity index (χ3v) is 3.82. The first kappa shape index (κ1) is 18.8. The van der Waals surface area contributed by atoms with Crippen LogP contribution in [0.15, 0.2) is 60.7 Å². The molecule has 0 atom stereocenters. The fourth-order valence-electron chi connectivity index (χ4n) is 2.41. The molecule has 3 aromatic rings. The molecular weight excluding hydrogens is 358 g/mol. The minimum absolute atomic E-state index is 0.0710. The number of nitrogens with zero attached hydrogens (tertiary/aromatic N) is 2. The molecule has 1 aromatic heterocycles. The molecule has 0 radical (unpaired) electrons. The fraction of sp³-hybridized carbons (Fsp3) is 0.100. The van der Waals surface area contributed by atoms with E-state index in [1.165, 1.54) is 7.11 Å². The second-order valence-corrected chi connectivity index (χ2v) is 5.72. The summed E-state index contributed by atoms with van der Waals surface area (Å²) in [5.41, 5.74) is 0.891. The van der Waals surface area contributed by atoms with E-state index >= 15 is 0 Å². The number of amides is 2. The first-order valence-electron chi connectivity index (χ1n) is 8.47. The zero-order chi connectivity index (χ0) is 19.9. The van der Waals surface area contributed by atoms with Crippen molar-refractivity contribution in [2.75, 3.05) is 30.1 Å². The molecule has 8 heteroatoms. The van der Waals surface area contributed by atoms with Gasteiger partial charge in [-0.05, 0) is 30.3 Å². The van der Waals surface area contributed by atoms with E-state index in [2.05, 4.69) is 25.9 Å². The smallest absolute Gasteiger partial charge is 0.258 e. The van der Waals surface area contributed by atoms with Crippen LogP contribution in [-0.2, 0) is 0 Å². The van der Waals surface area contributed by atoms with E-state index in [4.69, 9.17) is 4.74 Å². The number of carbonyl (C=O) groups excluding carboxylic acids is 2. The van der Waals surface area contributed by atoms with Crippen LogP contribution in [0.25, 0.3) is 0 Å². The minimum Gasteiger partial charge on any atom is -0.497 e. The van der Waals surface area contributed by atoms with E-state index in [9.17, 15) is 9.59 Å². The van der Waals surface area contributed by atoms with Gasteiger partial charge < -0.3 is 15.4 Å². The minimum atomic E-state index is -0.361. The van der Waals surface area contributed by atoms with Gasteiger partial charge in [-0.3, -0.25) is 14.9 Å². The van der Waals surface area contributed by atoms with Crippen molar-refractivity contribution in [1.29, 1.82) is 0 Å². The summed E-state index contributed by atoms with van der Waals surface area (Å²) < 4.78 is 5.13. The summed E-state index contributed by atoms with van der Waals surface area (Å²) in [5, 5.41) is 8.21. The van der Waals surface area contributed by atoms with Crippen LogP contribution in [0.2, 0.25) is 0 Å². The van der Waals surface area contributed by atoms with Gasteiger partial charge in [0.1, 0.15) is 17.4 Å². The Kier molecular flexibility index (Phi) is 5.81. The number of aromatic nitrogens is 2. The molecule has 0 unspecified atom stereocenters. The van der Waals surface area contributed by atoms with Gasteiger partial charge in [0, 0.05) is 24.2 Å². The molecule has 2 aromatic carbocycles. The summed E-state index contributed by atoms with van der Waals surface area (Å²) in [6.45, 7) is 0. The van der Waals surface area contributed by atoms with E-state index < -0.39 is 0 Å². The quantitative estimate of drug-likeness (QED) is 0.610. The molecule has 28 heavy (non-hydrogen) atoms. The Morgan fingerprint density at radius 2 is 1.50 bits per heavy atom. The lowest BCUT2D eigenvalue weighted by molar-refractivity contribution is 0.101. The molecular formula is C20H19N5O3. The molecule has 3 rings (SSSR count). The first-order chi connectivity index (χ1) is 13.6. The average molecular weight is 377 g/mol. The third kappa shape index (κ3) is 4.61. The van der Waals surface area contributed by atoms with Gasteiger partial charge >= 0.3 is 0 Å². The molecule has 0 fully saturated rings. The zero-order valence-corrected chi connectivity index (χ0v) is 15.4. The highest BCUT2D eigenvalue weighted by Crippen LogP contribution is 2.17. The molecule has 0 aliphatic carbocycles. The summed E-state index contributed by atoms with van der Waals surface area (Å²) in [4.78, 5) is 33.2. The van der Waals surface area contributed by atoms with Crippen molar-refractivity contribution < 1.29 is 14.3 Å². The number of ether oxygens (including phenoxy) is 1. The summed E-state index contributed by atoms with van der Waals surface area (Å²) in [5.74, 6) is 0.623. The zero-order valence-electron chi connectivity index (χ0n) is 15.4. The van der Waals surface area contributed by atoms with Crippen LogP contribution in [0.3, 0.4) is 0 Å². The molecule has 1 heterocycles. The Labute approximate surface area is 162 Å². The van der Waals surface area contributed by atoms with Gasteiger partial charge in [0.2, 0.25) is 5.95 Å². The Hall–Kier alpha value is -3.94. The maximum Gasteiger partial charge on any atom is 0.258 e. The number of nitrogens with one attached hydrogen (secondary N) is 3. The maximum atomic E-state index is 12.5. The topological polar surface area (TPSA) is 105 Å². The van der Waals surface area contributed by atoms with Crippen LogP contribution in [0.1, 0.15) is 20.7 Å². The van der Waals surface area contributed by atoms with Gasteiger partial charge in [0.05, 0.1) is 7.11 Å². The number of methoxy groups -OCH3 is 1. The number of benzene rings is 2. The molecule has 0 aliphatic heterocycles. The van der Waals surface area contributed by atoms with E-state index in [1.54, 1.807) is 61.6 Å². The Balaban J connectivity index is 1.80. The monoisotopic (exact) mass is 377 g/mol. The normalized spacial score (nSPS) is 10.1. The second-order valence-electron chi connectivity index (χ2n) is 5.72. The second kappa shape index (κ2) is 8.63. The predicted molar refractivity (Wildman–Crippen MR) is 107 cm³/mol. The van der Waals surface area contributed by atoms with E-state index in [0.29, 0.717) is 22.7 Å². The number of rotatable bonds is 6. The van der Waals surface area contributed by atoms with Crippen molar-refractivity contribution in [3.63, 3.8) is 0 Å². The Bertz CT molecular complexity index is 992. The summed E-state index contributed by atoms with van der Waals surface area (Å²) in [6.07, 6.45) is 0. The lowest BCUT2D eigenvalue weighted by atomic mass is 10.2. The SMILES string of the molecule is CNc1cc(NC(=O)c2cccc(OC)c2)nc(NC(=O)c2ccccc2)n1. The summed E-state index contributed by atoms with van der Waals surface area (Å²) >= 11 is 0. The lowest BCUT2D eigenvalue weighted by Gasteiger charge is -2.10. The molecule has 2 amide bonds. The third-order valence-electron chi connectivity index (χ3n) is 3.82. The number of hydrogen-bond acceptors (Lipinski definition) is 6. The Morgan fingerprint density at radius 1 is 0.821 bits per heavy atom. The van der Waals surface area contributed by atoms with Gasteiger partial charge in [-0.15, -0.1) is 0 Å². The van der Waals surface area contributed by atoms with Crippen molar-refractivity contribution in [1.82, 2.24) is 9.97 Å². The Morgan fingerprint density at radius 3 is 2.21 bits per heavy atom. The summed E-state index contributed by atoms with van der Waals surface area (Å²) in [7, 11) is 3.21. The van der Waals surface area contributed by atoms with E-state index in [0.717, 1.165) is 0 Å². The van der Waals surface area contributed by atoms with Crippen LogP contribution < -0.4 is 20.7 Å². The van der Waals surface area contributed by atoms with Gasteiger partial charge in [-0.25, -0.2) is 0 Å². The molecule has 0 bridgehead atoms. The van der Waals surface area contributed by atoms with Crippen molar-refractivity contribution in [3.8, 4) is 5.75 Å². The highest BCUT2D eigenvalue weighted by molar-refractivity contribution is 6.05. The van der Waals surface area contributed by atoms with Crippen LogP contribution in [0.5, 0.6) is 5.75 Å². The number of hydrogen-bond donors (Lipinski definition) is 3. The fourth-order valence-corrected chi connectivity index (χ4v) is 2.41. The molecule has 142 valence electrons. The van der Waals surface area contributed by atoms with Crippen LogP contribution in [0, 0.1) is 0 Å². The van der Waals surface area contributed by atoms with E-state index in [1.807, 2.05) is 6.07 Å². The highest BCUT2D eigenvalue weighted by Gasteiger charge is 2.13. The largest absolute Gasteiger partial charge is 0.497 e. The van der Waals surface area contributed by atoms with Gasteiger partial charge in [0.25, 0.3) is 11.8 Å². The predicted octanol–water partition coefficient (Wildman–Crippen LogP) is 3.03. The molecule has 0 saturated heterocycles. The molecule has 3 N–H and O–H groups in total. The lowest BCUT2D eigenvalue weighted by Crippen LogP contribution is -2.17. The molecule has 0 saturated carbocycles. The average Bonchev–Trinajstić information content (AvgIpc) is 2.74. The van der Waals surface area contributed by atoms with Crippen LogP contribution in [0.4, 0.5) is 17.6 Å². The highest BCUT2D eigenvalue weighted by atomic mass is 16.5. The van der Waals surface area contributed by atoms with Crippen molar-refractivity contribution in [2.24, 2.45) is 0 Å². The van der Waals surface area contributed by atoms with Crippen LogP contribution in [-0.4, -0.2) is 35.9 Å². The maximum absolute atomic E-state index is 12.5. The molecule has 8 nitrogen and oxygen atoms in total. The van der Waals surface area contributed by atoms with Gasteiger partial charge in [-0.2, -0.15) is 9.97 Å². The van der Waals surface area contributed by atoms with Crippen molar-refractivity contribution in [3.05, 3.63) is 71.8 Å².